The van der Waals surface area contributed by atoms with Crippen LogP contribution in [-0.4, -0.2) is 26.4 Å². The van der Waals surface area contributed by atoms with Crippen molar-refractivity contribution in [3.05, 3.63) is 121 Å². The van der Waals surface area contributed by atoms with Gasteiger partial charge in [0, 0.05) is 0 Å². The zero-order valence-corrected chi connectivity index (χ0v) is 18.8. The maximum absolute atomic E-state index is 13.6. The van der Waals surface area contributed by atoms with Gasteiger partial charge in [-0.25, -0.2) is 0 Å². The monoisotopic (exact) mass is 455 g/mol. The number of benzene rings is 4. The first-order valence-electron chi connectivity index (χ1n) is 9.96. The zero-order chi connectivity index (χ0) is 20.8. The van der Waals surface area contributed by atoms with Gasteiger partial charge in [0.15, 0.2) is 0 Å². The molecule has 0 atom stereocenters. The molecular formula is C27H24AsO2+. The van der Waals surface area contributed by atoms with Crippen molar-refractivity contribution in [1.29, 1.82) is 0 Å². The average Bonchev–Trinajstić information content (AvgIpc) is 2.84. The van der Waals surface area contributed by atoms with Gasteiger partial charge in [-0.05, 0) is 0 Å². The van der Waals surface area contributed by atoms with Gasteiger partial charge in [0.25, 0.3) is 0 Å². The summed E-state index contributed by atoms with van der Waals surface area (Å²) in [5.41, 5.74) is 0.726. The van der Waals surface area contributed by atoms with Crippen molar-refractivity contribution in [3.63, 3.8) is 0 Å². The number of ketones is 1. The van der Waals surface area contributed by atoms with Crippen molar-refractivity contribution in [2.45, 2.75) is 5.21 Å². The number of Topliss-reactive ketones (excluding diaryl/α,β-unsaturated/α-hetero) is 1. The van der Waals surface area contributed by atoms with Crippen LogP contribution in [0, 0.1) is 0 Å². The molecule has 0 N–H and O–H groups in total. The summed E-state index contributed by atoms with van der Waals surface area (Å²) in [7, 11) is 1.64. The number of carbonyl (C=O) groups is 1. The van der Waals surface area contributed by atoms with Gasteiger partial charge >= 0.3 is 181 Å². The molecule has 148 valence electrons. The van der Waals surface area contributed by atoms with Crippen LogP contribution >= 0.6 is 0 Å². The molecule has 0 aliphatic heterocycles. The van der Waals surface area contributed by atoms with E-state index < -0.39 is 13.6 Å². The maximum atomic E-state index is 13.6. The van der Waals surface area contributed by atoms with Gasteiger partial charge in [-0.2, -0.15) is 0 Å². The molecule has 0 heterocycles. The second-order valence-electron chi connectivity index (χ2n) is 7.13. The average molecular weight is 455 g/mol. The van der Waals surface area contributed by atoms with Crippen molar-refractivity contribution in [2.24, 2.45) is 0 Å². The van der Waals surface area contributed by atoms with Gasteiger partial charge in [-0.3, -0.25) is 0 Å². The summed E-state index contributed by atoms with van der Waals surface area (Å²) in [6.07, 6.45) is 0. The molecule has 4 aromatic rings. The number of methoxy groups -OCH3 is 1. The van der Waals surface area contributed by atoms with Crippen molar-refractivity contribution in [2.75, 3.05) is 7.11 Å². The Bertz CT molecular complexity index is 995. The summed E-state index contributed by atoms with van der Waals surface area (Å²) in [4.78, 5) is 13.6. The van der Waals surface area contributed by atoms with Gasteiger partial charge in [-0.1, -0.05) is 0 Å². The first-order valence-corrected chi connectivity index (χ1v) is 14.1. The Balaban J connectivity index is 1.89. The van der Waals surface area contributed by atoms with Crippen LogP contribution in [0.4, 0.5) is 0 Å². The van der Waals surface area contributed by atoms with Gasteiger partial charge in [-0.15, -0.1) is 0 Å². The Kier molecular flexibility index (Phi) is 6.16. The van der Waals surface area contributed by atoms with E-state index in [1.165, 1.54) is 13.1 Å². The topological polar surface area (TPSA) is 26.3 Å². The number of hydrogen-bond donors (Lipinski definition) is 0. The zero-order valence-electron chi connectivity index (χ0n) is 16.9. The predicted octanol–water partition coefficient (Wildman–Crippen LogP) is 4.05. The van der Waals surface area contributed by atoms with E-state index in [-0.39, 0.29) is 5.78 Å². The van der Waals surface area contributed by atoms with Gasteiger partial charge in [0.2, 0.25) is 0 Å². The van der Waals surface area contributed by atoms with Crippen molar-refractivity contribution >= 4 is 32.4 Å². The van der Waals surface area contributed by atoms with Gasteiger partial charge < -0.3 is 0 Å². The molecule has 0 fully saturated rings. The summed E-state index contributed by atoms with van der Waals surface area (Å²) < 4.78 is 9.08. The molecule has 0 aliphatic carbocycles. The SMILES string of the molecule is COc1ccc(C(=O)C[As+](c2ccccc2)(c2ccccc2)c2ccccc2)cc1. The van der Waals surface area contributed by atoms with E-state index in [1.54, 1.807) is 7.11 Å². The fourth-order valence-electron chi connectivity index (χ4n) is 3.85. The Hall–Kier alpha value is -3.09. The summed E-state index contributed by atoms with van der Waals surface area (Å²) in [6.45, 7) is 0. The first-order chi connectivity index (χ1) is 14.7. The van der Waals surface area contributed by atoms with Crippen molar-refractivity contribution in [3.8, 4) is 5.75 Å². The number of ether oxygens (including phenoxy) is 1. The minimum absolute atomic E-state index is 0.168. The summed E-state index contributed by atoms with van der Waals surface area (Å²) >= 11 is -3.04. The number of carbonyl (C=O) groups excluding carboxylic acids is 1. The quantitative estimate of drug-likeness (QED) is 0.311. The molecule has 2 nitrogen and oxygen atoms in total. The van der Waals surface area contributed by atoms with E-state index in [0.717, 1.165) is 11.3 Å². The van der Waals surface area contributed by atoms with Crippen LogP contribution in [-0.2, 0) is 0 Å². The van der Waals surface area contributed by atoms with E-state index >= 15 is 0 Å². The fourth-order valence-corrected chi connectivity index (χ4v) is 12.5. The van der Waals surface area contributed by atoms with Crippen LogP contribution in [0.2, 0.25) is 5.21 Å². The van der Waals surface area contributed by atoms with Crippen molar-refractivity contribution < 1.29 is 9.53 Å². The third-order valence-corrected chi connectivity index (χ3v) is 14.4. The molecule has 3 heteroatoms. The molecule has 0 saturated carbocycles. The van der Waals surface area contributed by atoms with E-state index in [9.17, 15) is 4.79 Å². The standard InChI is InChI=1S/C27H24AsO2/c1-30-26-19-17-22(18-20-26)27(29)21-28(23-11-5-2-6-12-23,24-13-7-3-8-14-24)25-15-9-4-10-16-25/h2-20H,21H2,1H3/q+1. The fraction of sp³-hybridized carbons (Fsp3) is 0.0741. The Labute approximate surface area is 180 Å². The van der Waals surface area contributed by atoms with Crippen molar-refractivity contribution in [1.82, 2.24) is 0 Å². The van der Waals surface area contributed by atoms with E-state index in [0.29, 0.717) is 5.21 Å². The Morgan fingerprint density at radius 1 is 0.633 bits per heavy atom. The predicted molar refractivity (Wildman–Crippen MR) is 126 cm³/mol. The molecule has 0 saturated heterocycles. The number of rotatable bonds is 7. The number of hydrogen-bond acceptors (Lipinski definition) is 2. The Morgan fingerprint density at radius 3 is 1.40 bits per heavy atom. The molecule has 0 spiro atoms. The second-order valence-corrected chi connectivity index (χ2v) is 14.4. The van der Waals surface area contributed by atoms with E-state index in [4.69, 9.17) is 4.74 Å². The molecule has 4 rings (SSSR count). The Morgan fingerprint density at radius 2 is 1.03 bits per heavy atom. The van der Waals surface area contributed by atoms with Gasteiger partial charge in [0.05, 0.1) is 0 Å². The molecule has 0 bridgehead atoms. The molecule has 0 unspecified atom stereocenters. The molecule has 30 heavy (non-hydrogen) atoms. The third-order valence-electron chi connectivity index (χ3n) is 5.38. The van der Waals surface area contributed by atoms with E-state index in [2.05, 4.69) is 72.8 Å². The van der Waals surface area contributed by atoms with Crippen LogP contribution in [0.5, 0.6) is 5.75 Å². The van der Waals surface area contributed by atoms with Crippen LogP contribution < -0.4 is 17.8 Å². The molecular weight excluding hydrogens is 431 g/mol. The van der Waals surface area contributed by atoms with Crippen LogP contribution in [0.25, 0.3) is 0 Å². The van der Waals surface area contributed by atoms with E-state index in [1.807, 2.05) is 42.5 Å². The van der Waals surface area contributed by atoms with Crippen LogP contribution in [0.1, 0.15) is 10.4 Å². The summed E-state index contributed by atoms with van der Waals surface area (Å²) in [6, 6.07) is 39.2. The van der Waals surface area contributed by atoms with Crippen LogP contribution in [0.15, 0.2) is 115 Å². The summed E-state index contributed by atoms with van der Waals surface area (Å²) in [5.74, 6) is 0.925. The molecule has 0 amide bonds. The normalized spacial score (nSPS) is 11.1. The molecule has 0 radical (unpaired) electrons. The molecule has 0 aromatic heterocycles. The second kappa shape index (κ2) is 9.15. The first kappa shape index (κ1) is 20.2. The minimum atomic E-state index is -3.04. The molecule has 4 aromatic carbocycles. The van der Waals surface area contributed by atoms with Crippen LogP contribution in [0.3, 0.4) is 0 Å². The van der Waals surface area contributed by atoms with Gasteiger partial charge in [0.1, 0.15) is 0 Å². The molecule has 0 aliphatic rings. The third kappa shape index (κ3) is 3.97. The summed E-state index contributed by atoms with van der Waals surface area (Å²) in [5, 5.41) is 0.503.